The molecule has 0 amide bonds. The molecule has 0 unspecified atom stereocenters. The molecule has 6 nitrogen and oxygen atoms in total. The Hall–Kier alpha value is -2.90. The smallest absolute Gasteiger partial charge is 0.305 e. The molecule has 0 aliphatic rings. The highest BCUT2D eigenvalue weighted by Gasteiger charge is 2.14. The van der Waals surface area contributed by atoms with Crippen LogP contribution >= 0.6 is 22.9 Å². The van der Waals surface area contributed by atoms with Gasteiger partial charge in [0.05, 0.1) is 22.6 Å². The lowest BCUT2D eigenvalue weighted by Crippen LogP contribution is -2.06. The summed E-state index contributed by atoms with van der Waals surface area (Å²) in [6.07, 6.45) is 6.88. The number of aromatic nitrogens is 3. The molecule has 8 heteroatoms. The maximum Gasteiger partial charge on any atom is 0.305 e. The van der Waals surface area contributed by atoms with Gasteiger partial charge in [-0.1, -0.05) is 11.6 Å². The number of esters is 1. The number of fused-ring (bicyclic) bond motifs is 1. The predicted octanol–water partition coefficient (Wildman–Crippen LogP) is 6.61. The molecule has 0 aliphatic carbocycles. The van der Waals surface area contributed by atoms with E-state index in [1.165, 1.54) is 0 Å². The molecule has 0 bridgehead atoms. The van der Waals surface area contributed by atoms with Crippen LogP contribution in [-0.2, 0) is 16.1 Å². The van der Waals surface area contributed by atoms with E-state index in [4.69, 9.17) is 21.1 Å². The molecule has 172 valence electrons. The van der Waals surface area contributed by atoms with Gasteiger partial charge in [-0.25, -0.2) is 9.97 Å². The molecule has 0 N–H and O–H groups in total. The number of aryl methyl sites for hydroxylation is 1. The number of rotatable bonds is 9. The Bertz CT molecular complexity index is 1270. The zero-order chi connectivity index (χ0) is 23.4. The topological polar surface area (TPSA) is 66.2 Å². The SMILES string of the molecule is CCOC(=O)CCCn1ccc2c(-c3cnc(-c4ccc(OC(C)C)c(Cl)c4)s3)ccnc21. The van der Waals surface area contributed by atoms with Crippen molar-refractivity contribution in [3.8, 4) is 26.8 Å². The first-order valence-electron chi connectivity index (χ1n) is 11.0. The molecule has 0 radical (unpaired) electrons. The molecule has 3 aromatic heterocycles. The van der Waals surface area contributed by atoms with Crippen molar-refractivity contribution in [3.05, 3.63) is 53.9 Å². The summed E-state index contributed by atoms with van der Waals surface area (Å²) in [5.74, 6) is 0.510. The van der Waals surface area contributed by atoms with Crippen molar-refractivity contribution in [1.82, 2.24) is 14.5 Å². The van der Waals surface area contributed by atoms with Crippen LogP contribution in [0.3, 0.4) is 0 Å². The van der Waals surface area contributed by atoms with Gasteiger partial charge < -0.3 is 14.0 Å². The van der Waals surface area contributed by atoms with Crippen LogP contribution in [0.4, 0.5) is 0 Å². The Labute approximate surface area is 202 Å². The van der Waals surface area contributed by atoms with E-state index >= 15 is 0 Å². The first-order chi connectivity index (χ1) is 16.0. The molecule has 33 heavy (non-hydrogen) atoms. The number of ether oxygens (including phenoxy) is 2. The molecule has 4 aromatic rings. The van der Waals surface area contributed by atoms with Gasteiger partial charge in [-0.05, 0) is 57.5 Å². The van der Waals surface area contributed by atoms with E-state index in [-0.39, 0.29) is 12.1 Å². The highest BCUT2D eigenvalue weighted by atomic mass is 35.5. The summed E-state index contributed by atoms with van der Waals surface area (Å²) >= 11 is 8.03. The average molecular weight is 484 g/mol. The Morgan fingerprint density at radius 1 is 1.21 bits per heavy atom. The largest absolute Gasteiger partial charge is 0.489 e. The van der Waals surface area contributed by atoms with Gasteiger partial charge in [0.1, 0.15) is 16.4 Å². The summed E-state index contributed by atoms with van der Waals surface area (Å²) < 4.78 is 12.8. The Balaban J connectivity index is 1.55. The zero-order valence-electron chi connectivity index (χ0n) is 18.9. The maximum atomic E-state index is 11.6. The lowest BCUT2D eigenvalue weighted by atomic mass is 10.1. The van der Waals surface area contributed by atoms with Gasteiger partial charge in [0.15, 0.2) is 0 Å². The third kappa shape index (κ3) is 5.37. The standard InChI is InChI=1S/C25H26ClN3O3S/c1-4-31-23(30)6-5-12-29-13-10-19-18(9-11-27-24(19)29)22-15-28-25(33-22)17-7-8-21(20(26)14-17)32-16(2)3/h7-11,13-16H,4-6,12H2,1-3H3. The first-order valence-corrected chi connectivity index (χ1v) is 12.2. The molecule has 0 saturated carbocycles. The van der Waals surface area contributed by atoms with Gasteiger partial charge in [-0.15, -0.1) is 11.3 Å². The summed E-state index contributed by atoms with van der Waals surface area (Å²) in [4.78, 5) is 21.9. The summed E-state index contributed by atoms with van der Waals surface area (Å²) in [7, 11) is 0. The zero-order valence-corrected chi connectivity index (χ0v) is 20.4. The summed E-state index contributed by atoms with van der Waals surface area (Å²) in [5, 5.41) is 2.52. The van der Waals surface area contributed by atoms with Crippen LogP contribution in [0.1, 0.15) is 33.6 Å². The minimum Gasteiger partial charge on any atom is -0.489 e. The molecule has 0 spiro atoms. The quantitative estimate of drug-likeness (QED) is 0.250. The van der Waals surface area contributed by atoms with Gasteiger partial charge in [-0.2, -0.15) is 0 Å². The van der Waals surface area contributed by atoms with Crippen LogP contribution in [0.25, 0.3) is 32.0 Å². The number of halogens is 1. The number of benzene rings is 1. The normalized spacial score (nSPS) is 11.3. The van der Waals surface area contributed by atoms with E-state index in [0.29, 0.717) is 36.8 Å². The van der Waals surface area contributed by atoms with Crippen molar-refractivity contribution in [3.63, 3.8) is 0 Å². The number of nitrogens with zero attached hydrogens (tertiary/aromatic N) is 3. The Kier molecular flexibility index (Phi) is 7.30. The monoisotopic (exact) mass is 483 g/mol. The van der Waals surface area contributed by atoms with Crippen LogP contribution in [-0.4, -0.2) is 33.2 Å². The van der Waals surface area contributed by atoms with Crippen LogP contribution in [0, 0.1) is 0 Å². The minimum absolute atomic E-state index is 0.0615. The van der Waals surface area contributed by atoms with E-state index in [2.05, 4.69) is 20.6 Å². The molecular weight excluding hydrogens is 458 g/mol. The molecule has 0 aliphatic heterocycles. The fraction of sp³-hybridized carbons (Fsp3) is 0.320. The second kappa shape index (κ2) is 10.4. The van der Waals surface area contributed by atoms with Gasteiger partial charge in [0, 0.05) is 48.1 Å². The van der Waals surface area contributed by atoms with Crippen LogP contribution in [0.5, 0.6) is 5.75 Å². The Morgan fingerprint density at radius 3 is 2.82 bits per heavy atom. The molecule has 0 saturated heterocycles. The highest BCUT2D eigenvalue weighted by Crippen LogP contribution is 2.38. The number of hydrogen-bond acceptors (Lipinski definition) is 6. The fourth-order valence-electron chi connectivity index (χ4n) is 3.63. The molecular formula is C25H26ClN3O3S. The highest BCUT2D eigenvalue weighted by molar-refractivity contribution is 7.18. The number of hydrogen-bond donors (Lipinski definition) is 0. The second-order valence-corrected chi connectivity index (χ2v) is 9.29. The second-order valence-electron chi connectivity index (χ2n) is 7.85. The van der Waals surface area contributed by atoms with E-state index in [0.717, 1.165) is 32.0 Å². The van der Waals surface area contributed by atoms with E-state index < -0.39 is 0 Å². The molecule has 1 aromatic carbocycles. The predicted molar refractivity (Wildman–Crippen MR) is 133 cm³/mol. The van der Waals surface area contributed by atoms with Crippen LogP contribution in [0.15, 0.2) is 48.9 Å². The van der Waals surface area contributed by atoms with Crippen molar-refractivity contribution >= 4 is 39.9 Å². The van der Waals surface area contributed by atoms with E-state index in [1.807, 2.05) is 63.6 Å². The molecule has 0 fully saturated rings. The number of carbonyl (C=O) groups is 1. The number of thiazole rings is 1. The van der Waals surface area contributed by atoms with Crippen LogP contribution < -0.4 is 4.74 Å². The van der Waals surface area contributed by atoms with Crippen molar-refractivity contribution in [2.24, 2.45) is 0 Å². The van der Waals surface area contributed by atoms with Crippen LogP contribution in [0.2, 0.25) is 5.02 Å². The maximum absolute atomic E-state index is 11.6. The van der Waals surface area contributed by atoms with Gasteiger partial charge in [-0.3, -0.25) is 4.79 Å². The van der Waals surface area contributed by atoms with Crippen molar-refractivity contribution in [2.75, 3.05) is 6.61 Å². The molecule has 4 rings (SSSR count). The lowest BCUT2D eigenvalue weighted by molar-refractivity contribution is -0.143. The number of carbonyl (C=O) groups excluding carboxylic acids is 1. The molecule has 3 heterocycles. The fourth-order valence-corrected chi connectivity index (χ4v) is 4.81. The third-order valence-corrected chi connectivity index (χ3v) is 6.44. The van der Waals surface area contributed by atoms with E-state index in [1.54, 1.807) is 11.3 Å². The van der Waals surface area contributed by atoms with Crippen molar-refractivity contribution < 1.29 is 14.3 Å². The third-order valence-electron chi connectivity index (χ3n) is 5.06. The summed E-state index contributed by atoms with van der Waals surface area (Å²) in [5.41, 5.74) is 2.93. The summed E-state index contributed by atoms with van der Waals surface area (Å²) in [6, 6.07) is 9.84. The van der Waals surface area contributed by atoms with Gasteiger partial charge >= 0.3 is 5.97 Å². The summed E-state index contributed by atoms with van der Waals surface area (Å²) in [6.45, 7) is 6.88. The van der Waals surface area contributed by atoms with Crippen molar-refractivity contribution in [2.45, 2.75) is 46.3 Å². The van der Waals surface area contributed by atoms with Gasteiger partial charge in [0.2, 0.25) is 0 Å². The first kappa shape index (κ1) is 23.3. The lowest BCUT2D eigenvalue weighted by Gasteiger charge is -2.11. The average Bonchev–Trinajstić information content (AvgIpc) is 3.43. The van der Waals surface area contributed by atoms with E-state index in [9.17, 15) is 4.79 Å². The number of pyridine rings is 1. The Morgan fingerprint density at radius 2 is 2.06 bits per heavy atom. The minimum atomic E-state index is -0.163. The van der Waals surface area contributed by atoms with Gasteiger partial charge in [0.25, 0.3) is 0 Å². The molecule has 0 atom stereocenters. The van der Waals surface area contributed by atoms with Crippen molar-refractivity contribution in [1.29, 1.82) is 0 Å².